The number of hydrogen-bond donors (Lipinski definition) is 1. The van der Waals surface area contributed by atoms with Crippen LogP contribution in [0, 0.1) is 0 Å². The minimum absolute atomic E-state index is 0.0205. The zero-order chi connectivity index (χ0) is 25.1. The van der Waals surface area contributed by atoms with Gasteiger partial charge in [-0.25, -0.2) is 4.98 Å². The molecule has 1 fully saturated rings. The van der Waals surface area contributed by atoms with Crippen molar-refractivity contribution in [1.82, 2.24) is 15.0 Å². The van der Waals surface area contributed by atoms with E-state index in [4.69, 9.17) is 9.47 Å². The van der Waals surface area contributed by atoms with Crippen LogP contribution in [0.3, 0.4) is 0 Å². The zero-order valence-electron chi connectivity index (χ0n) is 18.0. The number of benzene rings is 1. The number of hydrogen-bond acceptors (Lipinski definition) is 7. The topological polar surface area (TPSA) is 72.4 Å². The van der Waals surface area contributed by atoms with E-state index in [-0.39, 0.29) is 29.0 Å². The second kappa shape index (κ2) is 9.94. The van der Waals surface area contributed by atoms with Crippen LogP contribution >= 0.6 is 0 Å². The number of halogens is 6. The Bertz CT molecular complexity index is 1150. The van der Waals surface area contributed by atoms with E-state index >= 15 is 0 Å². The van der Waals surface area contributed by atoms with Crippen LogP contribution in [0.25, 0.3) is 0 Å². The molecule has 0 amide bonds. The summed E-state index contributed by atoms with van der Waals surface area (Å²) in [6.45, 7) is 1.39. The Kier molecular flexibility index (Phi) is 6.96. The zero-order valence-corrected chi connectivity index (χ0v) is 18.0. The number of morpholine rings is 1. The molecule has 1 aliphatic heterocycles. The van der Waals surface area contributed by atoms with Crippen LogP contribution < -0.4 is 15.0 Å². The minimum Gasteiger partial charge on any atom is -0.473 e. The second-order valence-electron chi connectivity index (χ2n) is 7.49. The van der Waals surface area contributed by atoms with Gasteiger partial charge < -0.3 is 19.7 Å². The summed E-state index contributed by atoms with van der Waals surface area (Å²) >= 11 is 0. The lowest BCUT2D eigenvalue weighted by atomic mass is 10.1. The van der Waals surface area contributed by atoms with Crippen LogP contribution in [-0.4, -0.2) is 41.3 Å². The first kappa shape index (κ1) is 24.5. The number of nitrogens with zero attached hydrogens (tertiary/aromatic N) is 4. The molecule has 0 unspecified atom stereocenters. The fourth-order valence-electron chi connectivity index (χ4n) is 3.30. The summed E-state index contributed by atoms with van der Waals surface area (Å²) in [6.07, 6.45) is -8.40. The fourth-order valence-corrected chi connectivity index (χ4v) is 3.30. The van der Waals surface area contributed by atoms with Gasteiger partial charge in [0, 0.05) is 30.9 Å². The Morgan fingerprint density at radius 3 is 2.31 bits per heavy atom. The number of ether oxygens (including phenoxy) is 2. The molecule has 186 valence electrons. The number of pyridine rings is 1. The Balaban J connectivity index is 1.59. The van der Waals surface area contributed by atoms with E-state index in [9.17, 15) is 26.3 Å². The van der Waals surface area contributed by atoms with Gasteiger partial charge in [0.1, 0.15) is 18.2 Å². The third-order valence-corrected chi connectivity index (χ3v) is 5.03. The summed E-state index contributed by atoms with van der Waals surface area (Å²) in [6, 6.07) is 8.35. The van der Waals surface area contributed by atoms with E-state index in [1.165, 1.54) is 24.3 Å². The van der Waals surface area contributed by atoms with E-state index in [0.29, 0.717) is 32.5 Å². The summed E-state index contributed by atoms with van der Waals surface area (Å²) in [4.78, 5) is 14.2. The van der Waals surface area contributed by atoms with E-state index in [2.05, 4.69) is 20.3 Å². The molecule has 0 aliphatic carbocycles. The van der Waals surface area contributed by atoms with Crippen LogP contribution in [0.15, 0.2) is 48.7 Å². The summed E-state index contributed by atoms with van der Waals surface area (Å²) in [7, 11) is 0. The fraction of sp³-hybridized carbons (Fsp3) is 0.318. The van der Waals surface area contributed by atoms with Crippen molar-refractivity contribution in [3.63, 3.8) is 0 Å². The average Bonchev–Trinajstić information content (AvgIpc) is 2.82. The molecule has 0 saturated carbocycles. The van der Waals surface area contributed by atoms with Crippen molar-refractivity contribution in [1.29, 1.82) is 0 Å². The quantitative estimate of drug-likeness (QED) is 0.475. The van der Waals surface area contributed by atoms with Gasteiger partial charge >= 0.3 is 12.4 Å². The molecule has 4 rings (SSSR count). The van der Waals surface area contributed by atoms with Crippen molar-refractivity contribution in [2.75, 3.05) is 36.5 Å². The average molecular weight is 499 g/mol. The van der Waals surface area contributed by atoms with Gasteiger partial charge in [0.15, 0.2) is 0 Å². The molecule has 7 nitrogen and oxygen atoms in total. The van der Waals surface area contributed by atoms with Gasteiger partial charge in [-0.05, 0) is 18.2 Å². The lowest BCUT2D eigenvalue weighted by Gasteiger charge is -2.27. The largest absolute Gasteiger partial charge is 0.473 e. The van der Waals surface area contributed by atoms with Crippen molar-refractivity contribution >= 4 is 17.6 Å². The number of aromatic nitrogens is 3. The van der Waals surface area contributed by atoms with Gasteiger partial charge in [-0.3, -0.25) is 0 Å². The molecule has 13 heteroatoms. The SMILES string of the molecule is FC(F)(F)c1ccc(Nc2cc(OCc3ccccc3C(F)(F)F)nc(N3CCOCC3)n2)nc1. The molecule has 0 spiro atoms. The summed E-state index contributed by atoms with van der Waals surface area (Å²) in [5, 5.41) is 2.79. The lowest BCUT2D eigenvalue weighted by molar-refractivity contribution is -0.139. The summed E-state index contributed by atoms with van der Waals surface area (Å²) in [5.74, 6) is 0.433. The summed E-state index contributed by atoms with van der Waals surface area (Å²) in [5.41, 5.74) is -1.81. The minimum atomic E-state index is -4.55. The molecule has 1 aromatic carbocycles. The van der Waals surface area contributed by atoms with E-state index in [1.807, 2.05) is 0 Å². The molecular formula is C22H19F6N5O2. The maximum absolute atomic E-state index is 13.3. The van der Waals surface area contributed by atoms with Gasteiger partial charge in [0.05, 0.1) is 24.3 Å². The molecule has 1 aliphatic rings. The highest BCUT2D eigenvalue weighted by atomic mass is 19.4. The van der Waals surface area contributed by atoms with Crippen LogP contribution in [0.2, 0.25) is 0 Å². The number of rotatable bonds is 6. The van der Waals surface area contributed by atoms with Crippen LogP contribution in [0.1, 0.15) is 16.7 Å². The number of alkyl halides is 6. The first-order valence-electron chi connectivity index (χ1n) is 10.4. The molecule has 1 saturated heterocycles. The maximum atomic E-state index is 13.3. The standard InChI is InChI=1S/C22H19F6N5O2/c23-21(24,25)15-5-6-17(29-12-15)30-18-11-19(32-20(31-18)33-7-9-34-10-8-33)35-13-14-3-1-2-4-16(14)22(26,27)28/h1-6,11-12H,7-10,13H2,(H,29,30,31,32). The van der Waals surface area contributed by atoms with Crippen molar-refractivity contribution in [2.45, 2.75) is 19.0 Å². The van der Waals surface area contributed by atoms with E-state index in [1.54, 1.807) is 4.90 Å². The Morgan fingerprint density at radius 2 is 1.66 bits per heavy atom. The van der Waals surface area contributed by atoms with Crippen LogP contribution in [0.4, 0.5) is 43.9 Å². The normalized spacial score (nSPS) is 14.6. The Labute approximate surface area is 195 Å². The second-order valence-corrected chi connectivity index (χ2v) is 7.49. The molecule has 3 heterocycles. The van der Waals surface area contributed by atoms with Crippen LogP contribution in [0.5, 0.6) is 5.88 Å². The molecule has 2 aromatic heterocycles. The molecule has 3 aromatic rings. The van der Waals surface area contributed by atoms with Crippen LogP contribution in [-0.2, 0) is 23.7 Å². The maximum Gasteiger partial charge on any atom is 0.417 e. The van der Waals surface area contributed by atoms with E-state index < -0.39 is 30.1 Å². The third kappa shape index (κ3) is 6.29. The van der Waals surface area contributed by atoms with Gasteiger partial charge in [-0.15, -0.1) is 0 Å². The summed E-state index contributed by atoms with van der Waals surface area (Å²) < 4.78 is 89.2. The smallest absolute Gasteiger partial charge is 0.417 e. The highest BCUT2D eigenvalue weighted by Crippen LogP contribution is 2.33. The highest BCUT2D eigenvalue weighted by molar-refractivity contribution is 5.55. The number of nitrogens with one attached hydrogen (secondary N) is 1. The highest BCUT2D eigenvalue weighted by Gasteiger charge is 2.33. The monoisotopic (exact) mass is 499 g/mol. The first-order valence-corrected chi connectivity index (χ1v) is 10.4. The molecule has 0 bridgehead atoms. The predicted molar refractivity (Wildman–Crippen MR) is 113 cm³/mol. The van der Waals surface area contributed by atoms with Crippen molar-refractivity contribution in [3.8, 4) is 5.88 Å². The lowest BCUT2D eigenvalue weighted by Crippen LogP contribution is -2.37. The van der Waals surface area contributed by atoms with Gasteiger partial charge in [0.25, 0.3) is 0 Å². The Hall–Kier alpha value is -3.61. The van der Waals surface area contributed by atoms with Gasteiger partial charge in [-0.2, -0.15) is 36.3 Å². The van der Waals surface area contributed by atoms with Gasteiger partial charge in [0.2, 0.25) is 11.8 Å². The van der Waals surface area contributed by atoms with Crippen molar-refractivity contribution in [3.05, 3.63) is 65.4 Å². The van der Waals surface area contributed by atoms with Crippen molar-refractivity contribution in [2.24, 2.45) is 0 Å². The molecule has 35 heavy (non-hydrogen) atoms. The molecule has 0 atom stereocenters. The van der Waals surface area contributed by atoms with Gasteiger partial charge in [-0.1, -0.05) is 18.2 Å². The molecule has 0 radical (unpaired) electrons. The molecular weight excluding hydrogens is 480 g/mol. The van der Waals surface area contributed by atoms with E-state index in [0.717, 1.165) is 18.2 Å². The Morgan fingerprint density at radius 1 is 0.914 bits per heavy atom. The number of anilines is 3. The van der Waals surface area contributed by atoms with Crippen molar-refractivity contribution < 1.29 is 35.8 Å². The molecule has 1 N–H and O–H groups in total. The first-order chi connectivity index (χ1) is 16.6. The third-order valence-electron chi connectivity index (χ3n) is 5.03. The predicted octanol–water partition coefficient (Wildman–Crippen LogP) is 5.07.